The van der Waals surface area contributed by atoms with Gasteiger partial charge in [-0.2, -0.15) is 0 Å². The minimum Gasteiger partial charge on any atom is -0.331 e. The van der Waals surface area contributed by atoms with E-state index >= 15 is 0 Å². The molecule has 2 aliphatic carbocycles. The van der Waals surface area contributed by atoms with Crippen LogP contribution in [0, 0.1) is 5.92 Å². The maximum Gasteiger partial charge on any atom is 0.317 e. The van der Waals surface area contributed by atoms with Crippen molar-refractivity contribution in [3.05, 3.63) is 46.9 Å². The number of fused-ring (bicyclic) bond motifs is 3. The van der Waals surface area contributed by atoms with Crippen molar-refractivity contribution >= 4 is 17.6 Å². The number of hydrogen-bond acceptors (Lipinski definition) is 4. The Morgan fingerprint density at radius 1 is 1.23 bits per heavy atom. The van der Waals surface area contributed by atoms with E-state index in [0.29, 0.717) is 17.9 Å². The number of benzene rings is 1. The second-order valence-corrected chi connectivity index (χ2v) is 9.38. The van der Waals surface area contributed by atoms with E-state index in [4.69, 9.17) is 11.6 Å². The van der Waals surface area contributed by atoms with Crippen LogP contribution in [-0.4, -0.2) is 59.0 Å². The lowest BCUT2D eigenvalue weighted by Crippen LogP contribution is -2.49. The minimum absolute atomic E-state index is 0.0124. The zero-order valence-corrected chi connectivity index (χ0v) is 18.3. The summed E-state index contributed by atoms with van der Waals surface area (Å²) >= 11 is 6.89. The fraction of sp³-hybridized carbons (Fsp3) is 0.522. The first-order chi connectivity index (χ1) is 14.5. The van der Waals surface area contributed by atoms with Gasteiger partial charge in [-0.05, 0) is 68.8 Å². The van der Waals surface area contributed by atoms with Gasteiger partial charge >= 0.3 is 6.03 Å². The number of carbonyl (C=O) groups excluding carboxylic acids is 1. The zero-order valence-electron chi connectivity index (χ0n) is 17.5. The van der Waals surface area contributed by atoms with Gasteiger partial charge < -0.3 is 15.1 Å². The molecule has 2 amide bonds. The highest BCUT2D eigenvalue weighted by molar-refractivity contribution is 6.34. The van der Waals surface area contributed by atoms with Crippen molar-refractivity contribution in [2.45, 2.75) is 43.7 Å². The number of hydrogen-bond donors (Lipinski definition) is 1. The van der Waals surface area contributed by atoms with Gasteiger partial charge in [0.1, 0.15) is 0 Å². The molecular formula is C23H28ClN5O. The van der Waals surface area contributed by atoms with E-state index in [-0.39, 0.29) is 12.1 Å². The maximum absolute atomic E-state index is 13.0. The first-order valence-corrected chi connectivity index (χ1v) is 11.2. The lowest BCUT2D eigenvalue weighted by Gasteiger charge is -2.36. The van der Waals surface area contributed by atoms with Crippen molar-refractivity contribution in [3.63, 3.8) is 0 Å². The zero-order chi connectivity index (χ0) is 20.8. The van der Waals surface area contributed by atoms with Crippen LogP contribution in [0.4, 0.5) is 4.79 Å². The van der Waals surface area contributed by atoms with Gasteiger partial charge in [-0.15, -0.1) is 0 Å². The number of piperidine rings is 1. The minimum atomic E-state index is 0.0124. The molecule has 1 N–H and O–H groups in total. The Bertz CT molecular complexity index is 944. The number of amides is 2. The first-order valence-electron chi connectivity index (χ1n) is 10.8. The van der Waals surface area contributed by atoms with Crippen molar-refractivity contribution in [2.24, 2.45) is 5.92 Å². The van der Waals surface area contributed by atoms with Crippen molar-refractivity contribution < 1.29 is 4.79 Å². The Morgan fingerprint density at radius 2 is 2.03 bits per heavy atom. The molecule has 6 nitrogen and oxygen atoms in total. The Hall–Kier alpha value is -2.18. The number of halogens is 1. The molecule has 30 heavy (non-hydrogen) atoms. The Morgan fingerprint density at radius 3 is 2.77 bits per heavy atom. The molecule has 2 fully saturated rings. The van der Waals surface area contributed by atoms with Crippen LogP contribution in [0.5, 0.6) is 0 Å². The van der Waals surface area contributed by atoms with Gasteiger partial charge in [0.05, 0.1) is 23.0 Å². The number of likely N-dealkylation sites (tertiary alicyclic amines) is 1. The van der Waals surface area contributed by atoms with Gasteiger partial charge in [-0.3, -0.25) is 9.97 Å². The third-order valence-corrected chi connectivity index (χ3v) is 7.52. The van der Waals surface area contributed by atoms with Crippen LogP contribution in [0.15, 0.2) is 30.7 Å². The maximum atomic E-state index is 13.0. The van der Waals surface area contributed by atoms with Gasteiger partial charge in [-0.1, -0.05) is 23.7 Å². The lowest BCUT2D eigenvalue weighted by molar-refractivity contribution is 0.144. The van der Waals surface area contributed by atoms with Crippen LogP contribution in [0.3, 0.4) is 0 Å². The normalized spacial score (nSPS) is 25.9. The highest BCUT2D eigenvalue weighted by atomic mass is 35.5. The third-order valence-electron chi connectivity index (χ3n) is 7.11. The smallest absolute Gasteiger partial charge is 0.317 e. The van der Waals surface area contributed by atoms with E-state index in [1.807, 2.05) is 18.0 Å². The van der Waals surface area contributed by atoms with Gasteiger partial charge in [0.25, 0.3) is 0 Å². The number of nitrogens with one attached hydrogen (secondary N) is 1. The molecule has 7 heteroatoms. The van der Waals surface area contributed by atoms with E-state index < -0.39 is 0 Å². The summed E-state index contributed by atoms with van der Waals surface area (Å²) in [6.45, 7) is 2.08. The third kappa shape index (κ3) is 3.56. The Labute approximate surface area is 182 Å². The SMILES string of the molecule is CN1CCC(N(C)C(=O)NC2CC3CC3c3c2ccc(-c2cnccn2)c3Cl)CC1. The quantitative estimate of drug-likeness (QED) is 0.804. The van der Waals surface area contributed by atoms with Crippen LogP contribution >= 0.6 is 11.6 Å². The van der Waals surface area contributed by atoms with Crippen molar-refractivity contribution in [3.8, 4) is 11.3 Å². The highest BCUT2D eigenvalue weighted by Gasteiger charge is 2.47. The van der Waals surface area contributed by atoms with Crippen LogP contribution < -0.4 is 5.32 Å². The van der Waals surface area contributed by atoms with E-state index in [9.17, 15) is 4.79 Å². The molecule has 0 radical (unpaired) electrons. The van der Waals surface area contributed by atoms with Gasteiger partial charge in [0.2, 0.25) is 0 Å². The summed E-state index contributed by atoms with van der Waals surface area (Å²) in [5.74, 6) is 1.11. The molecule has 3 unspecified atom stereocenters. The summed E-state index contributed by atoms with van der Waals surface area (Å²) in [6.07, 6.45) is 9.29. The molecule has 158 valence electrons. The molecule has 2 aromatic rings. The van der Waals surface area contributed by atoms with Crippen LogP contribution in [0.2, 0.25) is 5.02 Å². The Kier molecular flexibility index (Phi) is 5.15. The van der Waals surface area contributed by atoms with Crippen LogP contribution in [0.1, 0.15) is 48.8 Å². The van der Waals surface area contributed by atoms with Crippen molar-refractivity contribution in [2.75, 3.05) is 27.2 Å². The summed E-state index contributed by atoms with van der Waals surface area (Å²) in [5, 5.41) is 4.08. The van der Waals surface area contributed by atoms with Crippen LogP contribution in [0.25, 0.3) is 11.3 Å². The summed E-state index contributed by atoms with van der Waals surface area (Å²) in [4.78, 5) is 25.9. The van der Waals surface area contributed by atoms with Crippen molar-refractivity contribution in [1.82, 2.24) is 25.1 Å². The second kappa shape index (κ2) is 7.82. The molecule has 5 rings (SSSR count). The van der Waals surface area contributed by atoms with E-state index in [1.54, 1.807) is 18.6 Å². The fourth-order valence-electron chi connectivity index (χ4n) is 5.15. The lowest BCUT2D eigenvalue weighted by atomic mass is 9.86. The summed E-state index contributed by atoms with van der Waals surface area (Å²) in [7, 11) is 4.07. The monoisotopic (exact) mass is 425 g/mol. The topological polar surface area (TPSA) is 61.4 Å². The molecule has 3 aliphatic rings. The molecule has 1 aliphatic heterocycles. The Balaban J connectivity index is 1.38. The summed E-state index contributed by atoms with van der Waals surface area (Å²) < 4.78 is 0. The number of urea groups is 1. The van der Waals surface area contributed by atoms with Crippen LogP contribution in [-0.2, 0) is 0 Å². The summed E-state index contributed by atoms with van der Waals surface area (Å²) in [5.41, 5.74) is 4.07. The summed E-state index contributed by atoms with van der Waals surface area (Å²) in [6, 6.07) is 4.49. The predicted octanol–water partition coefficient (Wildman–Crippen LogP) is 4.08. The number of aromatic nitrogens is 2. The standard InChI is InChI=1S/C23H28ClN5O/c1-28-9-5-15(6-10-28)29(2)23(30)27-19-12-14-11-18(14)21-16(19)3-4-17(22(21)24)20-13-25-7-8-26-20/h3-4,7-8,13-15,18-19H,5-6,9-12H2,1-2H3,(H,27,30). The molecule has 3 atom stereocenters. The van der Waals surface area contributed by atoms with E-state index in [2.05, 4.69) is 33.3 Å². The average Bonchev–Trinajstić information content (AvgIpc) is 3.54. The predicted molar refractivity (Wildman–Crippen MR) is 117 cm³/mol. The highest BCUT2D eigenvalue weighted by Crippen LogP contribution is 2.60. The molecule has 0 spiro atoms. The van der Waals surface area contributed by atoms with Gasteiger partial charge in [-0.25, -0.2) is 4.79 Å². The average molecular weight is 426 g/mol. The van der Waals surface area contributed by atoms with E-state index in [1.165, 1.54) is 5.56 Å². The largest absolute Gasteiger partial charge is 0.331 e. The molecule has 1 aromatic heterocycles. The molecular weight excluding hydrogens is 398 g/mol. The molecule has 1 saturated heterocycles. The number of carbonyl (C=O) groups is 1. The number of nitrogens with zero attached hydrogens (tertiary/aromatic N) is 4. The number of rotatable bonds is 3. The van der Waals surface area contributed by atoms with Gasteiger partial charge in [0, 0.05) is 31.0 Å². The molecule has 1 saturated carbocycles. The molecule has 2 heterocycles. The second-order valence-electron chi connectivity index (χ2n) is 9.01. The first kappa shape index (κ1) is 19.8. The molecule has 0 bridgehead atoms. The fourth-order valence-corrected chi connectivity index (χ4v) is 5.56. The van der Waals surface area contributed by atoms with Gasteiger partial charge in [0.15, 0.2) is 0 Å². The van der Waals surface area contributed by atoms with Crippen molar-refractivity contribution in [1.29, 1.82) is 0 Å². The molecule has 1 aromatic carbocycles. The van der Waals surface area contributed by atoms with E-state index in [0.717, 1.165) is 60.6 Å².